The van der Waals surface area contributed by atoms with E-state index in [0.29, 0.717) is 0 Å². The van der Waals surface area contributed by atoms with Crippen LogP contribution >= 0.6 is 11.8 Å². The molecule has 6 aromatic rings. The van der Waals surface area contributed by atoms with Crippen LogP contribution in [0.15, 0.2) is 168 Å². The van der Waals surface area contributed by atoms with Gasteiger partial charge >= 0.3 is 0 Å². The minimum absolute atomic E-state index is 1.14. The molecule has 0 aliphatic rings. The van der Waals surface area contributed by atoms with Crippen LogP contribution in [0.5, 0.6) is 0 Å². The number of para-hydroxylation sites is 4. The number of aryl methyl sites for hydroxylation is 2. The van der Waals surface area contributed by atoms with Crippen LogP contribution in [0.2, 0.25) is 0 Å². The largest absolute Gasteiger partial charge is 0.310 e. The van der Waals surface area contributed by atoms with E-state index in [-0.39, 0.29) is 0 Å². The van der Waals surface area contributed by atoms with E-state index < -0.39 is 0 Å². The first-order valence-corrected chi connectivity index (χ1v) is 14.7. The third-order valence-electron chi connectivity index (χ3n) is 6.88. The predicted octanol–water partition coefficient (Wildman–Crippen LogP) is 11.4. The lowest BCUT2D eigenvalue weighted by Gasteiger charge is -2.27. The molecular formula is C38H32N2S. The van der Waals surface area contributed by atoms with Crippen LogP contribution in [0.25, 0.3) is 0 Å². The van der Waals surface area contributed by atoms with Crippen LogP contribution in [0.3, 0.4) is 0 Å². The van der Waals surface area contributed by atoms with Gasteiger partial charge < -0.3 is 9.80 Å². The van der Waals surface area contributed by atoms with Gasteiger partial charge in [0.05, 0.1) is 0 Å². The summed E-state index contributed by atoms with van der Waals surface area (Å²) in [6, 6.07) is 56.0. The fraction of sp³-hybridized carbons (Fsp3) is 0.0526. The zero-order chi connectivity index (χ0) is 28.0. The summed E-state index contributed by atoms with van der Waals surface area (Å²) in [4.78, 5) is 7.06. The van der Waals surface area contributed by atoms with Crippen LogP contribution in [-0.2, 0) is 0 Å². The lowest BCUT2D eigenvalue weighted by Crippen LogP contribution is -2.10. The minimum Gasteiger partial charge on any atom is -0.310 e. The van der Waals surface area contributed by atoms with Gasteiger partial charge in [-0.3, -0.25) is 0 Å². The first-order valence-electron chi connectivity index (χ1n) is 13.9. The quantitative estimate of drug-likeness (QED) is 0.187. The Balaban J connectivity index is 1.39. The van der Waals surface area contributed by atoms with Gasteiger partial charge in [0, 0.05) is 43.9 Å². The van der Waals surface area contributed by atoms with Crippen LogP contribution in [0.1, 0.15) is 11.1 Å². The maximum Gasteiger partial charge on any atom is 0.0475 e. The summed E-state index contributed by atoms with van der Waals surface area (Å²) in [5.41, 5.74) is 9.30. The van der Waals surface area contributed by atoms with Crippen molar-refractivity contribution in [2.75, 3.05) is 9.80 Å². The maximum atomic E-state index is 2.32. The van der Waals surface area contributed by atoms with Crippen molar-refractivity contribution in [3.8, 4) is 0 Å². The van der Waals surface area contributed by atoms with E-state index >= 15 is 0 Å². The Labute approximate surface area is 247 Å². The van der Waals surface area contributed by atoms with E-state index in [9.17, 15) is 0 Å². The Hall–Kier alpha value is -4.73. The summed E-state index contributed by atoms with van der Waals surface area (Å²) in [6.07, 6.45) is 0. The molecule has 6 rings (SSSR count). The van der Waals surface area contributed by atoms with Gasteiger partial charge in [0.25, 0.3) is 0 Å². The highest BCUT2D eigenvalue weighted by molar-refractivity contribution is 7.99. The molecule has 0 saturated carbocycles. The van der Waals surface area contributed by atoms with Crippen molar-refractivity contribution < 1.29 is 0 Å². The smallest absolute Gasteiger partial charge is 0.0475 e. The van der Waals surface area contributed by atoms with Crippen molar-refractivity contribution in [1.29, 1.82) is 0 Å². The van der Waals surface area contributed by atoms with Crippen molar-refractivity contribution in [2.24, 2.45) is 0 Å². The van der Waals surface area contributed by atoms with E-state index in [4.69, 9.17) is 0 Å². The minimum atomic E-state index is 1.14. The molecule has 0 aliphatic heterocycles. The molecule has 0 spiro atoms. The van der Waals surface area contributed by atoms with Gasteiger partial charge in [0.2, 0.25) is 0 Å². The molecule has 2 nitrogen and oxygen atoms in total. The molecule has 0 atom stereocenters. The highest BCUT2D eigenvalue weighted by atomic mass is 32.2. The van der Waals surface area contributed by atoms with Gasteiger partial charge in [-0.05, 0) is 110 Å². The summed E-state index contributed by atoms with van der Waals surface area (Å²) < 4.78 is 0. The van der Waals surface area contributed by atoms with Crippen LogP contribution in [0.4, 0.5) is 34.1 Å². The van der Waals surface area contributed by atoms with Gasteiger partial charge in [0.1, 0.15) is 0 Å². The standard InChI is InChI=1S/C38H32N2S/c1-29-23-35(39(31-15-7-3-8-16-31)32-17-9-4-10-18-32)27-37(25-29)41-38-26-30(2)24-36(28-38)40(33-19-11-5-12-20-33)34-21-13-6-14-22-34/h3-28H,1-2H3. The molecule has 0 unspecified atom stereocenters. The maximum absolute atomic E-state index is 2.32. The first kappa shape index (κ1) is 26.5. The molecule has 0 N–H and O–H groups in total. The zero-order valence-corrected chi connectivity index (χ0v) is 24.1. The van der Waals surface area contributed by atoms with Crippen molar-refractivity contribution in [2.45, 2.75) is 23.6 Å². The van der Waals surface area contributed by atoms with Crippen LogP contribution in [-0.4, -0.2) is 0 Å². The first-order chi connectivity index (χ1) is 20.1. The lowest BCUT2D eigenvalue weighted by molar-refractivity contribution is 1.23. The summed E-state index contributed by atoms with van der Waals surface area (Å²) in [6.45, 7) is 4.35. The molecule has 0 fully saturated rings. The Morgan fingerprint density at radius 1 is 0.341 bits per heavy atom. The van der Waals surface area contributed by atoms with Crippen molar-refractivity contribution in [1.82, 2.24) is 0 Å². The number of benzene rings is 6. The van der Waals surface area contributed by atoms with E-state index in [1.807, 2.05) is 0 Å². The molecule has 41 heavy (non-hydrogen) atoms. The van der Waals surface area contributed by atoms with Crippen molar-refractivity contribution in [3.63, 3.8) is 0 Å². The second kappa shape index (κ2) is 12.2. The molecule has 0 aliphatic carbocycles. The summed E-state index contributed by atoms with van der Waals surface area (Å²) >= 11 is 1.81. The molecular weight excluding hydrogens is 516 g/mol. The molecule has 0 aromatic heterocycles. The average Bonchev–Trinajstić information content (AvgIpc) is 2.99. The number of rotatable bonds is 8. The predicted molar refractivity (Wildman–Crippen MR) is 176 cm³/mol. The van der Waals surface area contributed by atoms with Gasteiger partial charge in [-0.1, -0.05) is 84.6 Å². The topological polar surface area (TPSA) is 6.48 Å². The Bertz CT molecular complexity index is 1510. The second-order valence-corrected chi connectivity index (χ2v) is 11.3. The zero-order valence-electron chi connectivity index (χ0n) is 23.3. The Morgan fingerprint density at radius 2 is 0.634 bits per heavy atom. The number of nitrogens with zero attached hydrogens (tertiary/aromatic N) is 2. The third kappa shape index (κ3) is 6.21. The summed E-state index contributed by atoms with van der Waals surface area (Å²) in [5.74, 6) is 0. The van der Waals surface area contributed by atoms with Crippen LogP contribution < -0.4 is 9.80 Å². The molecule has 3 heteroatoms. The second-order valence-electron chi connectivity index (χ2n) is 10.1. The van der Waals surface area contributed by atoms with E-state index in [0.717, 1.165) is 34.1 Å². The Morgan fingerprint density at radius 3 is 0.927 bits per heavy atom. The van der Waals surface area contributed by atoms with E-state index in [1.165, 1.54) is 20.9 Å². The molecule has 0 heterocycles. The lowest BCUT2D eigenvalue weighted by atomic mass is 10.1. The fourth-order valence-corrected chi connectivity index (χ4v) is 6.29. The number of hydrogen-bond donors (Lipinski definition) is 0. The fourth-order valence-electron chi connectivity index (χ4n) is 5.17. The summed E-state index contributed by atoms with van der Waals surface area (Å²) in [5, 5.41) is 0. The normalized spacial score (nSPS) is 10.8. The molecule has 6 aromatic carbocycles. The summed E-state index contributed by atoms with van der Waals surface area (Å²) in [7, 11) is 0. The molecule has 200 valence electrons. The number of anilines is 6. The molecule has 0 radical (unpaired) electrons. The Kier molecular flexibility index (Phi) is 7.88. The monoisotopic (exact) mass is 548 g/mol. The number of hydrogen-bond acceptors (Lipinski definition) is 3. The van der Waals surface area contributed by atoms with Crippen LogP contribution in [0, 0.1) is 13.8 Å². The third-order valence-corrected chi connectivity index (χ3v) is 7.82. The molecule has 0 amide bonds. The van der Waals surface area contributed by atoms with E-state index in [1.54, 1.807) is 11.8 Å². The van der Waals surface area contributed by atoms with Gasteiger partial charge in [-0.2, -0.15) is 0 Å². The highest BCUT2D eigenvalue weighted by Gasteiger charge is 2.16. The molecule has 0 saturated heterocycles. The van der Waals surface area contributed by atoms with Gasteiger partial charge in [0.15, 0.2) is 0 Å². The van der Waals surface area contributed by atoms with Crippen molar-refractivity contribution >= 4 is 45.9 Å². The van der Waals surface area contributed by atoms with Crippen molar-refractivity contribution in [3.05, 3.63) is 169 Å². The van der Waals surface area contributed by atoms with Gasteiger partial charge in [-0.15, -0.1) is 0 Å². The highest BCUT2D eigenvalue weighted by Crippen LogP contribution is 2.41. The SMILES string of the molecule is Cc1cc(Sc2cc(C)cc(N(c3ccccc3)c3ccccc3)c2)cc(N(c2ccccc2)c2ccccc2)c1. The van der Waals surface area contributed by atoms with Gasteiger partial charge in [-0.25, -0.2) is 0 Å². The average molecular weight is 549 g/mol. The van der Waals surface area contributed by atoms with E-state index in [2.05, 4.69) is 181 Å². The molecule has 0 bridgehead atoms.